The van der Waals surface area contributed by atoms with Crippen molar-refractivity contribution in [3.63, 3.8) is 0 Å². The second-order valence-corrected chi connectivity index (χ2v) is 5.95. The first kappa shape index (κ1) is 13.6. The molecule has 2 rings (SSSR count). The number of hydrogen-bond donors (Lipinski definition) is 0. The van der Waals surface area contributed by atoms with Gasteiger partial charge in [0.05, 0.1) is 11.4 Å². The fourth-order valence-corrected chi connectivity index (χ4v) is 2.88. The second-order valence-electron chi connectivity index (χ2n) is 3.58. The highest BCUT2D eigenvalue weighted by atomic mass is 79.9. The fraction of sp³-hybridized carbons (Fsp3) is 0.167. The number of nitrogens with zero attached hydrogens (tertiary/aromatic N) is 2. The summed E-state index contributed by atoms with van der Waals surface area (Å²) in [6.07, 6.45) is 1.67. The molecule has 0 saturated carbocycles. The molecule has 0 amide bonds. The Balaban J connectivity index is 2.40. The van der Waals surface area contributed by atoms with Crippen molar-refractivity contribution in [3.8, 4) is 5.69 Å². The summed E-state index contributed by atoms with van der Waals surface area (Å²) in [5.74, 6) is 0.509. The van der Waals surface area contributed by atoms with Crippen LogP contribution in [-0.2, 0) is 10.5 Å². The number of halogens is 2. The van der Waals surface area contributed by atoms with Gasteiger partial charge in [-0.1, -0.05) is 35.5 Å². The highest BCUT2D eigenvalue weighted by Gasteiger charge is 2.13. The molecule has 0 atom stereocenters. The summed E-state index contributed by atoms with van der Waals surface area (Å²) in [5, 5.41) is 0.491. The topological polar surface area (TPSA) is 34.9 Å². The number of aromatic nitrogens is 2. The first-order chi connectivity index (χ1) is 8.59. The summed E-state index contributed by atoms with van der Waals surface area (Å²) >= 11 is 10.8. The van der Waals surface area contributed by atoms with E-state index in [1.54, 1.807) is 6.33 Å². The van der Waals surface area contributed by atoms with Crippen LogP contribution in [0.3, 0.4) is 0 Å². The summed E-state index contributed by atoms with van der Waals surface area (Å²) < 4.78 is 2.84. The lowest BCUT2D eigenvalue weighted by Crippen LogP contribution is -2.00. The smallest absolute Gasteiger partial charge is 0.186 e. The number of imidazole rings is 1. The molecule has 0 radical (unpaired) electrons. The Morgan fingerprint density at radius 3 is 2.89 bits per heavy atom. The van der Waals surface area contributed by atoms with Crippen LogP contribution in [0.25, 0.3) is 5.69 Å². The molecule has 2 aromatic rings. The maximum absolute atomic E-state index is 11.0. The minimum atomic E-state index is 0.0611. The molecule has 0 spiro atoms. The van der Waals surface area contributed by atoms with Crippen LogP contribution < -0.4 is 0 Å². The van der Waals surface area contributed by atoms with Gasteiger partial charge in [0, 0.05) is 17.1 Å². The monoisotopic (exact) mass is 344 g/mol. The highest BCUT2D eigenvalue weighted by molar-refractivity contribution is 9.10. The van der Waals surface area contributed by atoms with Gasteiger partial charge in [-0.15, -0.1) is 0 Å². The lowest BCUT2D eigenvalue weighted by molar-refractivity contribution is -0.109. The van der Waals surface area contributed by atoms with Crippen molar-refractivity contribution in [2.24, 2.45) is 0 Å². The van der Waals surface area contributed by atoms with E-state index in [0.29, 0.717) is 10.9 Å². The van der Waals surface area contributed by atoms with Gasteiger partial charge in [-0.2, -0.15) is 0 Å². The maximum atomic E-state index is 11.0. The average molecular weight is 346 g/mol. The van der Waals surface area contributed by atoms with Crippen molar-refractivity contribution in [1.82, 2.24) is 9.55 Å². The Hall–Kier alpha value is -0.780. The molecule has 94 valence electrons. The van der Waals surface area contributed by atoms with E-state index < -0.39 is 0 Å². The normalized spacial score (nSPS) is 10.6. The van der Waals surface area contributed by atoms with Crippen LogP contribution in [0.4, 0.5) is 0 Å². The number of benzene rings is 1. The van der Waals surface area contributed by atoms with Crippen LogP contribution in [0.5, 0.6) is 0 Å². The van der Waals surface area contributed by atoms with Crippen LogP contribution >= 0.6 is 39.3 Å². The number of carbonyl (C=O) groups is 1. The minimum Gasteiger partial charge on any atom is -0.300 e. The Bertz CT molecular complexity index is 585. The van der Waals surface area contributed by atoms with Gasteiger partial charge in [0.25, 0.3) is 0 Å². The van der Waals surface area contributed by atoms with Gasteiger partial charge >= 0.3 is 0 Å². The number of carbonyl (C=O) groups excluding carboxylic acids is 1. The molecule has 1 aromatic heterocycles. The second kappa shape index (κ2) is 5.91. The molecule has 1 heterocycles. The van der Waals surface area contributed by atoms with Crippen LogP contribution in [0.15, 0.2) is 35.1 Å². The zero-order valence-corrected chi connectivity index (χ0v) is 12.7. The zero-order valence-electron chi connectivity index (χ0n) is 9.56. The number of thioether (sulfide) groups is 1. The van der Waals surface area contributed by atoms with E-state index in [-0.39, 0.29) is 5.12 Å². The van der Waals surface area contributed by atoms with E-state index in [9.17, 15) is 4.79 Å². The molecular formula is C12H10BrClN2OS. The minimum absolute atomic E-state index is 0.0611. The van der Waals surface area contributed by atoms with Crippen molar-refractivity contribution in [2.45, 2.75) is 12.7 Å². The third-order valence-corrected chi connectivity index (χ3v) is 4.15. The Labute approximate surface area is 123 Å². The van der Waals surface area contributed by atoms with Gasteiger partial charge in [-0.3, -0.25) is 9.36 Å². The van der Waals surface area contributed by atoms with Gasteiger partial charge in [0.15, 0.2) is 10.3 Å². The van der Waals surface area contributed by atoms with Crippen LogP contribution in [0, 0.1) is 0 Å². The molecule has 0 aliphatic rings. The molecule has 18 heavy (non-hydrogen) atoms. The maximum Gasteiger partial charge on any atom is 0.186 e. The number of para-hydroxylation sites is 1. The van der Waals surface area contributed by atoms with E-state index in [1.165, 1.54) is 18.7 Å². The van der Waals surface area contributed by atoms with Gasteiger partial charge < -0.3 is 0 Å². The van der Waals surface area contributed by atoms with E-state index in [1.807, 2.05) is 28.8 Å². The number of rotatable bonds is 3. The Kier molecular flexibility index (Phi) is 4.48. The van der Waals surface area contributed by atoms with Gasteiger partial charge in [-0.05, 0) is 28.1 Å². The quantitative estimate of drug-likeness (QED) is 0.841. The molecule has 3 nitrogen and oxygen atoms in total. The van der Waals surface area contributed by atoms with E-state index in [0.717, 1.165) is 15.9 Å². The molecule has 1 aromatic carbocycles. The standard InChI is InChI=1S/C12H10BrClN2OS/c1-8(17)18-6-11-12(14)15-7-16(11)10-5-3-2-4-9(10)13/h2-5,7H,6H2,1H3. The van der Waals surface area contributed by atoms with Crippen LogP contribution in [0.1, 0.15) is 12.6 Å². The summed E-state index contributed by atoms with van der Waals surface area (Å²) in [4.78, 5) is 15.1. The molecule has 0 N–H and O–H groups in total. The van der Waals surface area contributed by atoms with E-state index in [2.05, 4.69) is 20.9 Å². The van der Waals surface area contributed by atoms with E-state index in [4.69, 9.17) is 11.6 Å². The van der Waals surface area contributed by atoms with Crippen LogP contribution in [-0.4, -0.2) is 14.7 Å². The molecule has 6 heteroatoms. The predicted octanol–water partition coefficient (Wildman–Crippen LogP) is 4.07. The van der Waals surface area contributed by atoms with Crippen molar-refractivity contribution in [1.29, 1.82) is 0 Å². The SMILES string of the molecule is CC(=O)SCc1c(Cl)ncn1-c1ccccc1Br. The molecule has 0 unspecified atom stereocenters. The van der Waals surface area contributed by atoms with Crippen molar-refractivity contribution >= 4 is 44.4 Å². The Morgan fingerprint density at radius 1 is 1.50 bits per heavy atom. The summed E-state index contributed by atoms with van der Waals surface area (Å²) in [7, 11) is 0. The fourth-order valence-electron chi connectivity index (χ4n) is 1.51. The van der Waals surface area contributed by atoms with E-state index >= 15 is 0 Å². The van der Waals surface area contributed by atoms with Gasteiger partial charge in [0.2, 0.25) is 0 Å². The average Bonchev–Trinajstić information content (AvgIpc) is 2.68. The third-order valence-electron chi connectivity index (χ3n) is 2.34. The molecule has 0 bridgehead atoms. The highest BCUT2D eigenvalue weighted by Crippen LogP contribution is 2.27. The summed E-state index contributed by atoms with van der Waals surface area (Å²) in [5.41, 5.74) is 1.78. The van der Waals surface area contributed by atoms with Gasteiger partial charge in [-0.25, -0.2) is 4.98 Å². The zero-order chi connectivity index (χ0) is 13.1. The molecule has 0 aliphatic heterocycles. The molecular weight excluding hydrogens is 336 g/mol. The lowest BCUT2D eigenvalue weighted by atomic mass is 10.3. The summed E-state index contributed by atoms with van der Waals surface area (Å²) in [6.45, 7) is 1.54. The van der Waals surface area contributed by atoms with Crippen molar-refractivity contribution < 1.29 is 4.79 Å². The van der Waals surface area contributed by atoms with Crippen molar-refractivity contribution in [3.05, 3.63) is 45.9 Å². The molecule has 0 aliphatic carbocycles. The predicted molar refractivity (Wildman–Crippen MR) is 78.3 cm³/mol. The summed E-state index contributed by atoms with van der Waals surface area (Å²) in [6, 6.07) is 7.79. The van der Waals surface area contributed by atoms with Crippen LogP contribution in [0.2, 0.25) is 5.15 Å². The molecule has 0 fully saturated rings. The lowest BCUT2D eigenvalue weighted by Gasteiger charge is -2.09. The first-order valence-corrected chi connectivity index (χ1v) is 7.35. The van der Waals surface area contributed by atoms with Crippen molar-refractivity contribution in [2.75, 3.05) is 0 Å². The molecule has 0 saturated heterocycles. The third kappa shape index (κ3) is 2.96. The van der Waals surface area contributed by atoms with Gasteiger partial charge in [0.1, 0.15) is 6.33 Å². The largest absolute Gasteiger partial charge is 0.300 e. The number of hydrogen-bond acceptors (Lipinski definition) is 3. The Morgan fingerprint density at radius 2 is 2.22 bits per heavy atom. The first-order valence-electron chi connectivity index (χ1n) is 5.19.